The molecule has 1 N–H and O–H groups in total. The van der Waals surface area contributed by atoms with Crippen LogP contribution in [-0.4, -0.2) is 100 Å². The molecule has 0 fully saturated rings. The van der Waals surface area contributed by atoms with Crippen molar-refractivity contribution >= 4 is 45.9 Å². The molecule has 0 bridgehead atoms. The van der Waals surface area contributed by atoms with E-state index in [-0.39, 0.29) is 58.3 Å². The maximum absolute atomic E-state index is 13.1. The summed E-state index contributed by atoms with van der Waals surface area (Å²) in [5.41, 5.74) is -2.78. The molecule has 3 atom stereocenters. The van der Waals surface area contributed by atoms with E-state index < -0.39 is 45.7 Å². The number of ether oxygens (including phenoxy) is 6. The summed E-state index contributed by atoms with van der Waals surface area (Å²) in [6.45, 7) is 14.9. The van der Waals surface area contributed by atoms with Gasteiger partial charge in [0, 0.05) is 6.42 Å². The number of thioether (sulfide) groups is 1. The largest absolute Gasteiger partial charge is 0.461 e. The minimum Gasteiger partial charge on any atom is -0.461 e. The fourth-order valence-corrected chi connectivity index (χ4v) is 5.49. The Labute approximate surface area is 288 Å². The molecule has 0 heterocycles. The third-order valence-electron chi connectivity index (χ3n) is 6.83. The molecule has 0 spiro atoms. The second-order valence-corrected chi connectivity index (χ2v) is 15.0. The molecule has 0 saturated carbocycles. The van der Waals surface area contributed by atoms with E-state index in [0.717, 1.165) is 5.56 Å². The second kappa shape index (κ2) is 19.5. The Balaban J connectivity index is 2.42. The fourth-order valence-electron chi connectivity index (χ4n) is 3.89. The Hall–Kier alpha value is -2.44. The molecule has 1 aromatic rings. The first-order chi connectivity index (χ1) is 21.7. The lowest BCUT2D eigenvalue weighted by Gasteiger charge is -2.30. The van der Waals surface area contributed by atoms with Crippen molar-refractivity contribution in [1.82, 2.24) is 0 Å². The first-order valence-corrected chi connectivity index (χ1v) is 16.8. The Kier molecular flexibility index (Phi) is 17.7. The van der Waals surface area contributed by atoms with Gasteiger partial charge in [-0.1, -0.05) is 54.3 Å². The number of aliphatic hydroxyl groups excluding tert-OH is 1. The highest BCUT2D eigenvalue weighted by molar-refractivity contribution is 8.24. The van der Waals surface area contributed by atoms with Crippen molar-refractivity contribution in [3.63, 3.8) is 0 Å². The summed E-state index contributed by atoms with van der Waals surface area (Å²) in [6.07, 6.45) is -0.958. The average molecular weight is 698 g/mol. The van der Waals surface area contributed by atoms with Crippen LogP contribution in [0.15, 0.2) is 30.3 Å². The second-order valence-electron chi connectivity index (χ2n) is 12.8. The van der Waals surface area contributed by atoms with Crippen LogP contribution in [0.25, 0.3) is 0 Å². The van der Waals surface area contributed by atoms with Gasteiger partial charge in [-0.25, -0.2) is 9.59 Å². The maximum atomic E-state index is 13.1. The van der Waals surface area contributed by atoms with Crippen molar-refractivity contribution < 1.29 is 47.9 Å². The Bertz CT molecular complexity index is 1210. The number of ketones is 1. The van der Waals surface area contributed by atoms with Crippen LogP contribution in [-0.2, 0) is 42.8 Å². The van der Waals surface area contributed by atoms with E-state index in [4.69, 9.17) is 40.6 Å². The van der Waals surface area contributed by atoms with Crippen LogP contribution in [0, 0.1) is 11.3 Å². The number of esters is 2. The Morgan fingerprint density at radius 2 is 1.36 bits per heavy atom. The van der Waals surface area contributed by atoms with Crippen molar-refractivity contribution in [3.8, 4) is 6.07 Å². The lowest BCUT2D eigenvalue weighted by molar-refractivity contribution is -0.178. The van der Waals surface area contributed by atoms with Gasteiger partial charge in [-0.15, -0.1) is 0 Å². The van der Waals surface area contributed by atoms with E-state index in [1.807, 2.05) is 30.3 Å². The van der Waals surface area contributed by atoms with Gasteiger partial charge in [-0.2, -0.15) is 5.26 Å². The van der Waals surface area contributed by atoms with Crippen LogP contribution in [0.3, 0.4) is 0 Å². The normalized spacial score (nSPS) is 14.7. The standard InChI is InChI=1S/C34H51NO10S2/c1-24(36)21-41-29(38)32(5,6)43-19-17-40-18-20-44-33(7,8)30(39)42-22-25(2)45-31(3,4)27(37)15-16-34(9,23-35)47-28(46)26-13-11-10-12-14-26/h10-14,24-25,36H,15-22H2,1-9H3. The smallest absolute Gasteiger partial charge is 0.337 e. The van der Waals surface area contributed by atoms with Crippen molar-refractivity contribution in [1.29, 1.82) is 5.26 Å². The first kappa shape index (κ1) is 42.6. The number of rotatable bonds is 22. The number of hydrogen-bond acceptors (Lipinski definition) is 13. The molecule has 0 radical (unpaired) electrons. The molecule has 0 aliphatic heterocycles. The summed E-state index contributed by atoms with van der Waals surface area (Å²) in [6, 6.07) is 11.7. The van der Waals surface area contributed by atoms with Crippen LogP contribution in [0.1, 0.15) is 80.7 Å². The molecule has 264 valence electrons. The molecule has 0 saturated heterocycles. The van der Waals surface area contributed by atoms with E-state index in [9.17, 15) is 24.8 Å². The van der Waals surface area contributed by atoms with Gasteiger partial charge in [0.15, 0.2) is 17.0 Å². The summed E-state index contributed by atoms with van der Waals surface area (Å²) in [7, 11) is 0. The van der Waals surface area contributed by atoms with Crippen molar-refractivity contribution in [2.75, 3.05) is 39.6 Å². The van der Waals surface area contributed by atoms with Crippen molar-refractivity contribution in [3.05, 3.63) is 35.9 Å². The minimum atomic E-state index is -1.26. The minimum absolute atomic E-state index is 0.0945. The average Bonchev–Trinajstić information content (AvgIpc) is 3.00. The molecule has 0 aliphatic rings. The third kappa shape index (κ3) is 16.0. The van der Waals surface area contributed by atoms with Gasteiger partial charge < -0.3 is 33.5 Å². The summed E-state index contributed by atoms with van der Waals surface area (Å²) in [5.74, 6) is -1.37. The van der Waals surface area contributed by atoms with Gasteiger partial charge >= 0.3 is 11.9 Å². The van der Waals surface area contributed by atoms with E-state index >= 15 is 0 Å². The molecule has 1 rings (SSSR count). The summed E-state index contributed by atoms with van der Waals surface area (Å²) in [5, 5.41) is 19.1. The zero-order chi connectivity index (χ0) is 35.9. The molecule has 1 aromatic carbocycles. The molecule has 0 aromatic heterocycles. The van der Waals surface area contributed by atoms with Crippen LogP contribution in [0.5, 0.6) is 0 Å². The van der Waals surface area contributed by atoms with Gasteiger partial charge in [0.05, 0.1) is 48.9 Å². The van der Waals surface area contributed by atoms with Crippen LogP contribution in [0.4, 0.5) is 0 Å². The summed E-state index contributed by atoms with van der Waals surface area (Å²) in [4.78, 5) is 37.9. The van der Waals surface area contributed by atoms with Crippen LogP contribution >= 0.6 is 24.0 Å². The van der Waals surface area contributed by atoms with E-state index in [0.29, 0.717) is 4.20 Å². The number of benzene rings is 1. The molecular weight excluding hydrogens is 647 g/mol. The predicted molar refractivity (Wildman–Crippen MR) is 183 cm³/mol. The lowest BCUT2D eigenvalue weighted by atomic mass is 9.95. The number of hydrogen-bond donors (Lipinski definition) is 1. The number of nitriles is 1. The number of aliphatic hydroxyl groups is 1. The fraction of sp³-hybridized carbons (Fsp3) is 0.676. The predicted octanol–water partition coefficient (Wildman–Crippen LogP) is 4.98. The highest BCUT2D eigenvalue weighted by atomic mass is 32.2. The number of Topliss-reactive ketones (excluding diaryl/α,β-unsaturated/α-hetero) is 1. The molecule has 0 amide bonds. The maximum Gasteiger partial charge on any atom is 0.337 e. The molecule has 0 aliphatic carbocycles. The Morgan fingerprint density at radius 1 is 0.851 bits per heavy atom. The van der Waals surface area contributed by atoms with E-state index in [1.54, 1.807) is 55.4 Å². The monoisotopic (exact) mass is 697 g/mol. The van der Waals surface area contributed by atoms with Crippen LogP contribution in [0.2, 0.25) is 0 Å². The molecule has 3 unspecified atom stereocenters. The third-order valence-corrected chi connectivity index (χ3v) is 8.48. The summed E-state index contributed by atoms with van der Waals surface area (Å²) >= 11 is 6.79. The quantitative estimate of drug-likeness (QED) is 0.0986. The van der Waals surface area contributed by atoms with Crippen molar-refractivity contribution in [2.24, 2.45) is 0 Å². The van der Waals surface area contributed by atoms with Crippen LogP contribution < -0.4 is 0 Å². The zero-order valence-corrected chi connectivity index (χ0v) is 30.7. The molecule has 11 nitrogen and oxygen atoms in total. The first-order valence-electron chi connectivity index (χ1n) is 15.5. The number of carbonyl (C=O) groups is 3. The number of nitrogens with zero attached hydrogens (tertiary/aromatic N) is 1. The molecular formula is C34H51NO10S2. The van der Waals surface area contributed by atoms with Gasteiger partial charge in [0.1, 0.15) is 23.6 Å². The number of carbonyl (C=O) groups excluding carboxylic acids is 3. The van der Waals surface area contributed by atoms with Gasteiger partial charge in [0.2, 0.25) is 0 Å². The molecule has 13 heteroatoms. The summed E-state index contributed by atoms with van der Waals surface area (Å²) < 4.78 is 32.7. The lowest BCUT2D eigenvalue weighted by Crippen LogP contribution is -2.42. The van der Waals surface area contributed by atoms with E-state index in [1.165, 1.54) is 18.7 Å². The molecule has 47 heavy (non-hydrogen) atoms. The topological polar surface area (TPSA) is 151 Å². The SMILES string of the molecule is CC(O)COC(=O)C(C)(C)OCCOCCOC(C)(C)C(=O)OCC(C)OC(C)(C)C(=O)CCC(C)(C#N)SC(=S)c1ccccc1. The van der Waals surface area contributed by atoms with E-state index in [2.05, 4.69) is 6.07 Å². The highest BCUT2D eigenvalue weighted by Gasteiger charge is 2.36. The Morgan fingerprint density at radius 3 is 1.85 bits per heavy atom. The van der Waals surface area contributed by atoms with Gasteiger partial charge in [-0.3, -0.25) is 4.79 Å². The number of thiocarbonyl (C=S) groups is 1. The highest BCUT2D eigenvalue weighted by Crippen LogP contribution is 2.34. The van der Waals surface area contributed by atoms with Gasteiger partial charge in [-0.05, 0) is 74.3 Å². The van der Waals surface area contributed by atoms with Gasteiger partial charge in [0.25, 0.3) is 0 Å². The van der Waals surface area contributed by atoms with Crippen molar-refractivity contribution in [2.45, 2.75) is 109 Å². The zero-order valence-electron chi connectivity index (χ0n) is 29.1.